The van der Waals surface area contributed by atoms with Crippen molar-refractivity contribution in [2.45, 2.75) is 71.3 Å². The molecular weight excluding hydrogens is 248 g/mol. The van der Waals surface area contributed by atoms with Crippen molar-refractivity contribution in [2.24, 2.45) is 35.0 Å². The van der Waals surface area contributed by atoms with Crippen LogP contribution in [-0.4, -0.2) is 11.6 Å². The summed E-state index contributed by atoms with van der Waals surface area (Å²) in [6.45, 7) is 6.88. The minimum absolute atomic E-state index is 0.0519. The Bertz CT molecular complexity index is 433. The zero-order chi connectivity index (χ0) is 14.1. The van der Waals surface area contributed by atoms with E-state index in [9.17, 15) is 4.79 Å². The predicted octanol–water partition coefficient (Wildman–Crippen LogP) is 4.18. The minimum Gasteiger partial charge on any atom is -0.459 e. The summed E-state index contributed by atoms with van der Waals surface area (Å²) in [7, 11) is 0. The molecule has 5 saturated carbocycles. The van der Waals surface area contributed by atoms with Gasteiger partial charge in [-0.1, -0.05) is 27.2 Å². The van der Waals surface area contributed by atoms with E-state index in [0.29, 0.717) is 17.8 Å². The maximum absolute atomic E-state index is 13.0. The van der Waals surface area contributed by atoms with E-state index in [1.54, 1.807) is 0 Å². The largest absolute Gasteiger partial charge is 0.459 e. The van der Waals surface area contributed by atoms with Crippen LogP contribution in [0.3, 0.4) is 0 Å². The van der Waals surface area contributed by atoms with Gasteiger partial charge in [0.25, 0.3) is 0 Å². The molecule has 6 unspecified atom stereocenters. The van der Waals surface area contributed by atoms with Crippen LogP contribution in [0.15, 0.2) is 0 Å². The van der Waals surface area contributed by atoms with Crippen LogP contribution in [0.2, 0.25) is 0 Å². The molecule has 0 spiro atoms. The number of ether oxygens (including phenoxy) is 1. The number of esters is 1. The molecule has 5 rings (SSSR count). The molecule has 6 atom stereocenters. The van der Waals surface area contributed by atoms with Crippen molar-refractivity contribution < 1.29 is 9.53 Å². The number of carbonyl (C=O) groups is 1. The standard InChI is InChI=1S/C18H28O2/c1-4-17(8-6-5-7-9-17)20-16(19)18-12(3)13-10-14(18)15(18)11(13)2/h11-15H,4-10H2,1-3H3. The topological polar surface area (TPSA) is 26.3 Å². The van der Waals surface area contributed by atoms with E-state index < -0.39 is 0 Å². The SMILES string of the molecule is CCC1(OC(=O)C23C(C)C4CC2C3C4C)CCCCC1. The Morgan fingerprint density at radius 1 is 1.20 bits per heavy atom. The zero-order valence-corrected chi connectivity index (χ0v) is 13.2. The molecule has 5 aliphatic carbocycles. The van der Waals surface area contributed by atoms with E-state index in [0.717, 1.165) is 31.1 Å². The van der Waals surface area contributed by atoms with E-state index >= 15 is 0 Å². The Labute approximate surface area is 122 Å². The first-order valence-electron chi connectivity index (χ1n) is 8.80. The molecule has 20 heavy (non-hydrogen) atoms. The first kappa shape index (κ1) is 13.2. The fourth-order valence-electron chi connectivity index (χ4n) is 6.57. The van der Waals surface area contributed by atoms with Crippen LogP contribution in [0.4, 0.5) is 0 Å². The third-order valence-electron chi connectivity index (χ3n) is 7.72. The molecule has 0 N–H and O–H groups in total. The molecule has 5 aliphatic rings. The van der Waals surface area contributed by atoms with Crippen LogP contribution in [0.5, 0.6) is 0 Å². The summed E-state index contributed by atoms with van der Waals surface area (Å²) in [5, 5.41) is 0. The lowest BCUT2D eigenvalue weighted by Crippen LogP contribution is -2.40. The first-order valence-corrected chi connectivity index (χ1v) is 8.80. The minimum atomic E-state index is -0.118. The molecule has 2 heteroatoms. The Kier molecular flexibility index (Phi) is 2.64. The van der Waals surface area contributed by atoms with E-state index in [-0.39, 0.29) is 17.0 Å². The molecular formula is C18H28O2. The van der Waals surface area contributed by atoms with Gasteiger partial charge in [-0.05, 0) is 68.1 Å². The van der Waals surface area contributed by atoms with Gasteiger partial charge in [0.15, 0.2) is 0 Å². The van der Waals surface area contributed by atoms with Crippen molar-refractivity contribution in [3.05, 3.63) is 0 Å². The van der Waals surface area contributed by atoms with Crippen LogP contribution in [0.25, 0.3) is 0 Å². The molecule has 0 aromatic heterocycles. The Hall–Kier alpha value is -0.530. The summed E-state index contributed by atoms with van der Waals surface area (Å²) in [5.74, 6) is 3.64. The highest BCUT2D eigenvalue weighted by atomic mass is 16.6. The highest BCUT2D eigenvalue weighted by Gasteiger charge is 2.85. The Morgan fingerprint density at radius 2 is 1.90 bits per heavy atom. The summed E-state index contributed by atoms with van der Waals surface area (Å²) in [4.78, 5) is 13.0. The van der Waals surface area contributed by atoms with Crippen molar-refractivity contribution in [2.75, 3.05) is 0 Å². The molecule has 5 fully saturated rings. The number of rotatable bonds is 3. The van der Waals surface area contributed by atoms with E-state index in [2.05, 4.69) is 20.8 Å². The van der Waals surface area contributed by atoms with Gasteiger partial charge in [-0.2, -0.15) is 0 Å². The van der Waals surface area contributed by atoms with Crippen molar-refractivity contribution in [1.82, 2.24) is 0 Å². The van der Waals surface area contributed by atoms with Crippen LogP contribution in [0, 0.1) is 35.0 Å². The highest BCUT2D eigenvalue weighted by Crippen LogP contribution is 2.83. The van der Waals surface area contributed by atoms with Crippen LogP contribution in [0.1, 0.15) is 65.7 Å². The van der Waals surface area contributed by atoms with Crippen LogP contribution in [-0.2, 0) is 9.53 Å². The molecule has 0 aromatic rings. The number of hydrogen-bond donors (Lipinski definition) is 0. The summed E-state index contributed by atoms with van der Waals surface area (Å²) < 4.78 is 6.23. The van der Waals surface area contributed by atoms with Gasteiger partial charge in [-0.15, -0.1) is 0 Å². The highest BCUT2D eigenvalue weighted by molar-refractivity contribution is 5.84. The molecule has 0 radical (unpaired) electrons. The molecule has 0 aliphatic heterocycles. The van der Waals surface area contributed by atoms with Gasteiger partial charge in [0.2, 0.25) is 0 Å². The Morgan fingerprint density at radius 3 is 2.35 bits per heavy atom. The van der Waals surface area contributed by atoms with Gasteiger partial charge in [-0.25, -0.2) is 0 Å². The molecule has 0 saturated heterocycles. The Balaban J connectivity index is 1.55. The maximum atomic E-state index is 13.0. The van der Waals surface area contributed by atoms with Gasteiger partial charge in [0.05, 0.1) is 5.41 Å². The number of hydrogen-bond acceptors (Lipinski definition) is 2. The monoisotopic (exact) mass is 276 g/mol. The van der Waals surface area contributed by atoms with Crippen molar-refractivity contribution >= 4 is 5.97 Å². The number of carbonyl (C=O) groups excluding carboxylic acids is 1. The second kappa shape index (κ2) is 4.01. The van der Waals surface area contributed by atoms with Crippen molar-refractivity contribution in [1.29, 1.82) is 0 Å². The third-order valence-corrected chi connectivity index (χ3v) is 7.72. The normalized spacial score (nSPS) is 51.0. The average Bonchev–Trinajstić information content (AvgIpc) is 2.76. The second-order valence-electron chi connectivity index (χ2n) is 8.10. The van der Waals surface area contributed by atoms with E-state index in [1.165, 1.54) is 25.7 Å². The van der Waals surface area contributed by atoms with Gasteiger partial charge >= 0.3 is 5.97 Å². The van der Waals surface area contributed by atoms with Crippen LogP contribution < -0.4 is 0 Å². The summed E-state index contributed by atoms with van der Waals surface area (Å²) in [5.41, 5.74) is -0.170. The van der Waals surface area contributed by atoms with Gasteiger partial charge in [0.1, 0.15) is 5.60 Å². The van der Waals surface area contributed by atoms with Gasteiger partial charge < -0.3 is 4.74 Å². The molecule has 2 nitrogen and oxygen atoms in total. The lowest BCUT2D eigenvalue weighted by molar-refractivity contribution is -0.173. The van der Waals surface area contributed by atoms with Crippen LogP contribution >= 0.6 is 0 Å². The first-order chi connectivity index (χ1) is 9.57. The molecule has 0 heterocycles. The molecule has 4 bridgehead atoms. The quantitative estimate of drug-likeness (QED) is 0.723. The van der Waals surface area contributed by atoms with Crippen molar-refractivity contribution in [3.63, 3.8) is 0 Å². The molecule has 112 valence electrons. The second-order valence-corrected chi connectivity index (χ2v) is 8.10. The molecule has 0 amide bonds. The zero-order valence-electron chi connectivity index (χ0n) is 13.2. The molecule has 0 aromatic carbocycles. The average molecular weight is 276 g/mol. The summed E-state index contributed by atoms with van der Waals surface area (Å²) >= 11 is 0. The van der Waals surface area contributed by atoms with Gasteiger partial charge in [-0.3, -0.25) is 4.79 Å². The predicted molar refractivity (Wildman–Crippen MR) is 78.0 cm³/mol. The third kappa shape index (κ3) is 1.34. The summed E-state index contributed by atoms with van der Waals surface area (Å²) in [6.07, 6.45) is 8.25. The fraction of sp³-hybridized carbons (Fsp3) is 0.944. The van der Waals surface area contributed by atoms with Crippen molar-refractivity contribution in [3.8, 4) is 0 Å². The van der Waals surface area contributed by atoms with Gasteiger partial charge in [0, 0.05) is 0 Å². The van der Waals surface area contributed by atoms with E-state index in [1.807, 2.05) is 0 Å². The maximum Gasteiger partial charge on any atom is 0.313 e. The lowest BCUT2D eigenvalue weighted by atomic mass is 9.82. The van der Waals surface area contributed by atoms with E-state index in [4.69, 9.17) is 4.74 Å². The summed E-state index contributed by atoms with van der Waals surface area (Å²) in [6, 6.07) is 0. The lowest BCUT2D eigenvalue weighted by Gasteiger charge is -2.37. The fourth-order valence-corrected chi connectivity index (χ4v) is 6.57. The smallest absolute Gasteiger partial charge is 0.313 e.